The predicted molar refractivity (Wildman–Crippen MR) is 52.8 cm³/mol. The highest BCUT2D eigenvalue weighted by molar-refractivity contribution is 6.07. The molecule has 2 rings (SSSR count). The average molecular weight is 221 g/mol. The second kappa shape index (κ2) is 4.09. The van der Waals surface area contributed by atoms with E-state index >= 15 is 0 Å². The highest BCUT2D eigenvalue weighted by Crippen LogP contribution is 2.18. The molecule has 0 aliphatic rings. The van der Waals surface area contributed by atoms with Crippen LogP contribution in [0.5, 0.6) is 5.75 Å². The van der Waals surface area contributed by atoms with E-state index in [0.717, 1.165) is 6.07 Å². The van der Waals surface area contributed by atoms with Crippen LogP contribution in [0.1, 0.15) is 16.1 Å². The lowest BCUT2D eigenvalue weighted by atomic mass is 10.1. The molecular formula is C10H8FN3O2. The molecule has 0 unspecified atom stereocenters. The minimum Gasteiger partial charge on any atom is -0.494 e. The van der Waals surface area contributed by atoms with Crippen molar-refractivity contribution in [3.63, 3.8) is 0 Å². The van der Waals surface area contributed by atoms with Crippen molar-refractivity contribution in [2.45, 2.75) is 0 Å². The summed E-state index contributed by atoms with van der Waals surface area (Å²) in [6.45, 7) is 0. The van der Waals surface area contributed by atoms with Crippen LogP contribution < -0.4 is 4.74 Å². The van der Waals surface area contributed by atoms with Gasteiger partial charge in [0.15, 0.2) is 17.3 Å². The summed E-state index contributed by atoms with van der Waals surface area (Å²) in [4.78, 5) is 11.7. The first-order valence-corrected chi connectivity index (χ1v) is 4.46. The Labute approximate surface area is 90.2 Å². The van der Waals surface area contributed by atoms with Gasteiger partial charge in [-0.3, -0.25) is 4.79 Å². The first kappa shape index (κ1) is 10.3. The molecule has 0 amide bonds. The Kier molecular flexibility index (Phi) is 2.63. The van der Waals surface area contributed by atoms with E-state index in [1.807, 2.05) is 0 Å². The minimum atomic E-state index is -0.586. The summed E-state index contributed by atoms with van der Waals surface area (Å²) in [5.74, 6) is -0.885. The van der Waals surface area contributed by atoms with Gasteiger partial charge in [0.1, 0.15) is 0 Å². The number of hydrogen-bond acceptors (Lipinski definition) is 4. The number of hydrogen-bond donors (Lipinski definition) is 1. The van der Waals surface area contributed by atoms with Gasteiger partial charge in [-0.05, 0) is 18.2 Å². The number of benzene rings is 1. The Morgan fingerprint density at radius 3 is 2.88 bits per heavy atom. The number of rotatable bonds is 3. The Morgan fingerprint density at radius 1 is 1.50 bits per heavy atom. The van der Waals surface area contributed by atoms with Gasteiger partial charge in [0.2, 0.25) is 5.78 Å². The quantitative estimate of drug-likeness (QED) is 0.790. The number of ketones is 1. The number of nitrogens with one attached hydrogen (secondary N) is 1. The fraction of sp³-hybridized carbons (Fsp3) is 0.100. The Bertz CT molecular complexity index is 511. The summed E-state index contributed by atoms with van der Waals surface area (Å²) >= 11 is 0. The van der Waals surface area contributed by atoms with Gasteiger partial charge in [-0.15, -0.1) is 0 Å². The molecule has 1 aromatic carbocycles. The Balaban J connectivity index is 2.35. The number of ether oxygens (including phenoxy) is 1. The van der Waals surface area contributed by atoms with Crippen LogP contribution in [0, 0.1) is 5.82 Å². The van der Waals surface area contributed by atoms with Crippen molar-refractivity contribution in [1.82, 2.24) is 15.4 Å². The number of carbonyl (C=O) groups excluding carboxylic acids is 1. The molecule has 0 bridgehead atoms. The zero-order valence-corrected chi connectivity index (χ0v) is 8.40. The lowest BCUT2D eigenvalue weighted by molar-refractivity contribution is 0.103. The number of carbonyl (C=O) groups is 1. The van der Waals surface area contributed by atoms with Gasteiger partial charge < -0.3 is 4.74 Å². The Hall–Kier alpha value is -2.24. The molecule has 1 heterocycles. The van der Waals surface area contributed by atoms with E-state index in [0.29, 0.717) is 0 Å². The first-order chi connectivity index (χ1) is 7.72. The molecule has 0 aliphatic heterocycles. The normalized spacial score (nSPS) is 10.1. The molecule has 1 aromatic heterocycles. The van der Waals surface area contributed by atoms with E-state index in [1.54, 1.807) is 0 Å². The molecule has 0 spiro atoms. The molecule has 0 fully saturated rings. The van der Waals surface area contributed by atoms with E-state index in [-0.39, 0.29) is 17.0 Å². The molecule has 6 heteroatoms. The third-order valence-corrected chi connectivity index (χ3v) is 2.06. The Morgan fingerprint density at radius 2 is 2.31 bits per heavy atom. The van der Waals surface area contributed by atoms with Crippen LogP contribution in [-0.4, -0.2) is 28.3 Å². The van der Waals surface area contributed by atoms with Crippen molar-refractivity contribution >= 4 is 5.78 Å². The molecule has 5 nitrogen and oxygen atoms in total. The van der Waals surface area contributed by atoms with Crippen molar-refractivity contribution in [1.29, 1.82) is 0 Å². The highest BCUT2D eigenvalue weighted by Gasteiger charge is 2.14. The number of H-pyrrole nitrogens is 1. The molecule has 0 saturated heterocycles. The molecule has 0 radical (unpaired) electrons. The molecule has 0 aliphatic carbocycles. The van der Waals surface area contributed by atoms with E-state index in [9.17, 15) is 9.18 Å². The van der Waals surface area contributed by atoms with Gasteiger partial charge in [-0.25, -0.2) is 4.39 Å². The van der Waals surface area contributed by atoms with Gasteiger partial charge in [-0.1, -0.05) is 0 Å². The van der Waals surface area contributed by atoms with Crippen molar-refractivity contribution < 1.29 is 13.9 Å². The largest absolute Gasteiger partial charge is 0.494 e. The van der Waals surface area contributed by atoms with Crippen molar-refractivity contribution in [3.05, 3.63) is 41.5 Å². The SMILES string of the molecule is COc1ccc(C(=O)c2cn[nH]n2)cc1F. The summed E-state index contributed by atoms with van der Waals surface area (Å²) in [7, 11) is 1.36. The van der Waals surface area contributed by atoms with Crippen LogP contribution in [-0.2, 0) is 0 Å². The van der Waals surface area contributed by atoms with Crippen LogP contribution in [0.3, 0.4) is 0 Å². The predicted octanol–water partition coefficient (Wildman–Crippen LogP) is 1.18. The zero-order chi connectivity index (χ0) is 11.5. The van der Waals surface area contributed by atoms with Crippen molar-refractivity contribution in [3.8, 4) is 5.75 Å². The second-order valence-electron chi connectivity index (χ2n) is 3.03. The van der Waals surface area contributed by atoms with Gasteiger partial charge in [-0.2, -0.15) is 15.4 Å². The average Bonchev–Trinajstić information content (AvgIpc) is 2.81. The smallest absolute Gasteiger partial charge is 0.214 e. The monoisotopic (exact) mass is 221 g/mol. The van der Waals surface area contributed by atoms with Crippen molar-refractivity contribution in [2.24, 2.45) is 0 Å². The number of nitrogens with zero attached hydrogens (tertiary/aromatic N) is 2. The molecule has 82 valence electrons. The van der Waals surface area contributed by atoms with Crippen LogP contribution in [0.25, 0.3) is 0 Å². The molecule has 2 aromatic rings. The third-order valence-electron chi connectivity index (χ3n) is 2.06. The fourth-order valence-electron chi connectivity index (χ4n) is 1.27. The van der Waals surface area contributed by atoms with Gasteiger partial charge in [0, 0.05) is 5.56 Å². The molecule has 1 N–H and O–H groups in total. The molecule has 16 heavy (non-hydrogen) atoms. The topological polar surface area (TPSA) is 67.9 Å². The van der Waals surface area contributed by atoms with Crippen molar-refractivity contribution in [2.75, 3.05) is 7.11 Å². The van der Waals surface area contributed by atoms with Crippen LogP contribution >= 0.6 is 0 Å². The summed E-state index contributed by atoms with van der Waals surface area (Å²) in [6, 6.07) is 3.97. The maximum atomic E-state index is 13.3. The molecular weight excluding hydrogens is 213 g/mol. The van der Waals surface area contributed by atoms with Crippen LogP contribution in [0.2, 0.25) is 0 Å². The van der Waals surface area contributed by atoms with E-state index in [4.69, 9.17) is 4.74 Å². The first-order valence-electron chi connectivity index (χ1n) is 4.46. The van der Waals surface area contributed by atoms with Crippen LogP contribution in [0.4, 0.5) is 4.39 Å². The second-order valence-corrected chi connectivity index (χ2v) is 3.03. The van der Waals surface area contributed by atoms with Gasteiger partial charge in [0.25, 0.3) is 0 Å². The summed E-state index contributed by atoms with van der Waals surface area (Å²) in [5, 5.41) is 9.45. The number of halogens is 1. The third kappa shape index (κ3) is 1.77. The number of aromatic amines is 1. The minimum absolute atomic E-state index is 0.0942. The molecule has 0 saturated carbocycles. The fourth-order valence-corrected chi connectivity index (χ4v) is 1.27. The summed E-state index contributed by atoms with van der Waals surface area (Å²) in [6.07, 6.45) is 1.28. The maximum absolute atomic E-state index is 13.3. The van der Waals surface area contributed by atoms with Gasteiger partial charge in [0.05, 0.1) is 13.3 Å². The van der Waals surface area contributed by atoms with E-state index in [1.165, 1.54) is 25.4 Å². The number of aromatic nitrogens is 3. The highest BCUT2D eigenvalue weighted by atomic mass is 19.1. The summed E-state index contributed by atoms with van der Waals surface area (Å²) in [5.41, 5.74) is 0.344. The molecule has 0 atom stereocenters. The zero-order valence-electron chi connectivity index (χ0n) is 8.40. The van der Waals surface area contributed by atoms with Crippen LogP contribution in [0.15, 0.2) is 24.4 Å². The van der Waals surface area contributed by atoms with E-state index in [2.05, 4.69) is 15.4 Å². The maximum Gasteiger partial charge on any atom is 0.214 e. The lowest BCUT2D eigenvalue weighted by Crippen LogP contribution is -2.03. The summed E-state index contributed by atoms with van der Waals surface area (Å²) < 4.78 is 18.1. The number of methoxy groups -OCH3 is 1. The van der Waals surface area contributed by atoms with Gasteiger partial charge >= 0.3 is 0 Å². The lowest BCUT2D eigenvalue weighted by Gasteiger charge is -2.02. The standard InChI is InChI=1S/C10H8FN3O2/c1-16-9-3-2-6(4-7(9)11)10(15)8-5-12-14-13-8/h2-5H,1H3,(H,12,13,14). The van der Waals surface area contributed by atoms with E-state index < -0.39 is 11.6 Å².